The molecule has 3 N–H and O–H groups in total. The number of anilines is 2. The maximum atomic E-state index is 5.78. The average molecular weight is 220 g/mol. The van der Waals surface area contributed by atoms with Crippen molar-refractivity contribution in [2.75, 3.05) is 11.1 Å². The van der Waals surface area contributed by atoms with Crippen LogP contribution in [0.25, 0.3) is 0 Å². The van der Waals surface area contributed by atoms with Gasteiger partial charge in [0.1, 0.15) is 5.01 Å². The van der Waals surface area contributed by atoms with Gasteiger partial charge in [0, 0.05) is 17.8 Å². The molecule has 0 bridgehead atoms. The summed E-state index contributed by atoms with van der Waals surface area (Å²) >= 11 is 1.63. The van der Waals surface area contributed by atoms with E-state index in [2.05, 4.69) is 22.2 Å². The number of pyridine rings is 1. The van der Waals surface area contributed by atoms with Gasteiger partial charge in [-0.15, -0.1) is 11.3 Å². The molecule has 5 heteroatoms. The minimum Gasteiger partial charge on any atom is -0.396 e. The summed E-state index contributed by atoms with van der Waals surface area (Å²) in [7, 11) is 0. The van der Waals surface area contributed by atoms with E-state index >= 15 is 0 Å². The molecule has 2 heterocycles. The number of aromatic nitrogens is 2. The van der Waals surface area contributed by atoms with Gasteiger partial charge in [-0.3, -0.25) is 4.98 Å². The normalized spacial score (nSPS) is 12.3. The fraction of sp³-hybridized carbons (Fsp3) is 0.200. The van der Waals surface area contributed by atoms with E-state index in [1.807, 2.05) is 11.4 Å². The first kappa shape index (κ1) is 9.92. The van der Waals surface area contributed by atoms with E-state index in [4.69, 9.17) is 5.73 Å². The molecule has 15 heavy (non-hydrogen) atoms. The van der Waals surface area contributed by atoms with Gasteiger partial charge in [-0.25, -0.2) is 4.98 Å². The summed E-state index contributed by atoms with van der Waals surface area (Å²) < 4.78 is 0. The van der Waals surface area contributed by atoms with Crippen molar-refractivity contribution in [3.63, 3.8) is 0 Å². The lowest BCUT2D eigenvalue weighted by molar-refractivity contribution is 0.870. The molecule has 2 aromatic rings. The molecular formula is C10H12N4S. The zero-order chi connectivity index (χ0) is 10.7. The van der Waals surface area contributed by atoms with Crippen molar-refractivity contribution < 1.29 is 0 Å². The molecule has 0 saturated heterocycles. The van der Waals surface area contributed by atoms with Crippen molar-refractivity contribution in [1.29, 1.82) is 0 Å². The molecule has 2 rings (SSSR count). The largest absolute Gasteiger partial charge is 0.396 e. The van der Waals surface area contributed by atoms with Crippen molar-refractivity contribution in [2.45, 2.75) is 13.0 Å². The molecule has 1 atom stereocenters. The Morgan fingerprint density at radius 3 is 3.00 bits per heavy atom. The summed E-state index contributed by atoms with van der Waals surface area (Å²) in [6.07, 6.45) is 5.15. The zero-order valence-electron chi connectivity index (χ0n) is 8.34. The second-order valence-electron chi connectivity index (χ2n) is 3.20. The van der Waals surface area contributed by atoms with Crippen molar-refractivity contribution in [3.8, 4) is 0 Å². The number of rotatable bonds is 3. The molecule has 0 saturated carbocycles. The monoisotopic (exact) mass is 220 g/mol. The summed E-state index contributed by atoms with van der Waals surface area (Å²) in [5, 5.41) is 6.30. The minimum absolute atomic E-state index is 0.162. The Kier molecular flexibility index (Phi) is 2.82. The highest BCUT2D eigenvalue weighted by Gasteiger charge is 2.08. The third-order valence-corrected chi connectivity index (χ3v) is 3.00. The second kappa shape index (κ2) is 4.27. The van der Waals surface area contributed by atoms with Crippen molar-refractivity contribution in [3.05, 3.63) is 35.0 Å². The van der Waals surface area contributed by atoms with Gasteiger partial charge in [0.2, 0.25) is 0 Å². The quantitative estimate of drug-likeness (QED) is 0.833. The second-order valence-corrected chi connectivity index (χ2v) is 4.13. The molecule has 0 aliphatic carbocycles. The molecule has 0 aliphatic rings. The number of hydrogen-bond acceptors (Lipinski definition) is 5. The molecule has 2 aromatic heterocycles. The van der Waals surface area contributed by atoms with Gasteiger partial charge >= 0.3 is 0 Å². The van der Waals surface area contributed by atoms with Crippen LogP contribution in [-0.2, 0) is 0 Å². The van der Waals surface area contributed by atoms with E-state index in [0.29, 0.717) is 5.69 Å². The molecule has 78 valence electrons. The Labute approximate surface area is 92.2 Å². The molecule has 1 unspecified atom stereocenters. The lowest BCUT2D eigenvalue weighted by Gasteiger charge is -2.13. The van der Waals surface area contributed by atoms with Gasteiger partial charge in [-0.1, -0.05) is 0 Å². The van der Waals surface area contributed by atoms with Crippen LogP contribution in [0.15, 0.2) is 30.0 Å². The SMILES string of the molecule is CC(Nc1ccncc1N)c1nccs1. The molecule has 0 aliphatic heterocycles. The Hall–Kier alpha value is -1.62. The number of nitrogen functional groups attached to an aromatic ring is 1. The van der Waals surface area contributed by atoms with E-state index < -0.39 is 0 Å². The maximum Gasteiger partial charge on any atom is 0.115 e. The lowest BCUT2D eigenvalue weighted by Crippen LogP contribution is -2.08. The van der Waals surface area contributed by atoms with E-state index in [1.165, 1.54) is 0 Å². The predicted molar refractivity (Wildman–Crippen MR) is 62.8 cm³/mol. The zero-order valence-corrected chi connectivity index (χ0v) is 9.16. The number of nitrogens with zero attached hydrogens (tertiary/aromatic N) is 2. The van der Waals surface area contributed by atoms with Crippen LogP contribution in [0.4, 0.5) is 11.4 Å². The summed E-state index contributed by atoms with van der Waals surface area (Å²) in [6, 6.07) is 2.02. The lowest BCUT2D eigenvalue weighted by atomic mass is 10.3. The number of thiazole rings is 1. The van der Waals surface area contributed by atoms with Gasteiger partial charge in [-0.05, 0) is 13.0 Å². The molecule has 0 spiro atoms. The van der Waals surface area contributed by atoms with Crippen LogP contribution in [0, 0.1) is 0 Å². The molecule has 0 radical (unpaired) electrons. The van der Waals surface area contributed by atoms with Crippen LogP contribution < -0.4 is 11.1 Å². The van der Waals surface area contributed by atoms with Gasteiger partial charge in [0.25, 0.3) is 0 Å². The van der Waals surface area contributed by atoms with Crippen LogP contribution in [0.1, 0.15) is 18.0 Å². The third kappa shape index (κ3) is 2.24. The van der Waals surface area contributed by atoms with Gasteiger partial charge in [0.05, 0.1) is 23.6 Å². The number of nitrogens with two attached hydrogens (primary N) is 1. The summed E-state index contributed by atoms with van der Waals surface area (Å²) in [5.74, 6) is 0. The van der Waals surface area contributed by atoms with Crippen molar-refractivity contribution in [2.24, 2.45) is 0 Å². The topological polar surface area (TPSA) is 63.8 Å². The Bertz CT molecular complexity index is 427. The Morgan fingerprint density at radius 1 is 1.47 bits per heavy atom. The summed E-state index contributed by atoms with van der Waals surface area (Å²) in [6.45, 7) is 2.05. The summed E-state index contributed by atoms with van der Waals surface area (Å²) in [5.41, 5.74) is 7.33. The highest BCUT2D eigenvalue weighted by atomic mass is 32.1. The van der Waals surface area contributed by atoms with E-state index in [1.54, 1.807) is 29.9 Å². The molecule has 0 fully saturated rings. The van der Waals surface area contributed by atoms with Gasteiger partial charge in [0.15, 0.2) is 0 Å². The predicted octanol–water partition coefficient (Wildman–Crippen LogP) is 2.29. The maximum absolute atomic E-state index is 5.78. The third-order valence-electron chi connectivity index (χ3n) is 2.05. The smallest absolute Gasteiger partial charge is 0.115 e. The van der Waals surface area contributed by atoms with E-state index in [0.717, 1.165) is 10.7 Å². The summed E-state index contributed by atoms with van der Waals surface area (Å²) in [4.78, 5) is 8.18. The first-order valence-corrected chi connectivity index (χ1v) is 5.51. The van der Waals surface area contributed by atoms with Crippen molar-refractivity contribution in [1.82, 2.24) is 9.97 Å². The standard InChI is InChI=1S/C10H12N4S/c1-7(10-13-4-5-15-10)14-9-2-3-12-6-8(9)11/h2-7H,11H2,1H3,(H,12,14). The molecular weight excluding hydrogens is 208 g/mol. The molecule has 0 amide bonds. The molecule has 0 aromatic carbocycles. The number of hydrogen-bond donors (Lipinski definition) is 2. The highest BCUT2D eigenvalue weighted by molar-refractivity contribution is 7.09. The van der Waals surface area contributed by atoms with Crippen LogP contribution in [0.2, 0.25) is 0 Å². The Balaban J connectivity index is 2.13. The fourth-order valence-electron chi connectivity index (χ4n) is 1.28. The first-order valence-electron chi connectivity index (χ1n) is 4.63. The average Bonchev–Trinajstić information content (AvgIpc) is 2.74. The van der Waals surface area contributed by atoms with Crippen LogP contribution in [0.3, 0.4) is 0 Å². The van der Waals surface area contributed by atoms with Crippen LogP contribution in [-0.4, -0.2) is 9.97 Å². The first-order chi connectivity index (χ1) is 7.27. The van der Waals surface area contributed by atoms with Crippen LogP contribution >= 0.6 is 11.3 Å². The minimum atomic E-state index is 0.162. The Morgan fingerprint density at radius 2 is 2.33 bits per heavy atom. The van der Waals surface area contributed by atoms with Gasteiger partial charge in [-0.2, -0.15) is 0 Å². The van der Waals surface area contributed by atoms with Crippen molar-refractivity contribution >= 4 is 22.7 Å². The fourth-order valence-corrected chi connectivity index (χ4v) is 1.93. The van der Waals surface area contributed by atoms with Crippen LogP contribution in [0.5, 0.6) is 0 Å². The highest BCUT2D eigenvalue weighted by Crippen LogP contribution is 2.23. The van der Waals surface area contributed by atoms with E-state index in [-0.39, 0.29) is 6.04 Å². The number of nitrogens with one attached hydrogen (secondary N) is 1. The molecule has 4 nitrogen and oxygen atoms in total. The van der Waals surface area contributed by atoms with E-state index in [9.17, 15) is 0 Å². The van der Waals surface area contributed by atoms with Gasteiger partial charge < -0.3 is 11.1 Å².